The van der Waals surface area contributed by atoms with Gasteiger partial charge in [0.05, 0.1) is 18.1 Å². The molecule has 0 amide bonds. The van der Waals surface area contributed by atoms with Gasteiger partial charge in [-0.05, 0) is 18.6 Å². The van der Waals surface area contributed by atoms with Crippen molar-refractivity contribution in [2.75, 3.05) is 6.61 Å². The molecule has 1 aromatic heterocycles. The van der Waals surface area contributed by atoms with Crippen molar-refractivity contribution < 1.29 is 8.95 Å². The predicted octanol–water partition coefficient (Wildman–Crippen LogP) is 2.93. The van der Waals surface area contributed by atoms with Crippen LogP contribution in [0.1, 0.15) is 18.2 Å². The summed E-state index contributed by atoms with van der Waals surface area (Å²) < 4.78 is 17.4. The van der Waals surface area contributed by atoms with E-state index < -0.39 is 10.8 Å². The van der Waals surface area contributed by atoms with Crippen molar-refractivity contribution in [2.45, 2.75) is 18.4 Å². The van der Waals surface area contributed by atoms with Gasteiger partial charge >= 0.3 is 0 Å². The first-order chi connectivity index (χ1) is 9.28. The fourth-order valence-electron chi connectivity index (χ4n) is 1.74. The van der Waals surface area contributed by atoms with E-state index in [1.165, 1.54) is 0 Å². The zero-order valence-electron chi connectivity index (χ0n) is 10.9. The first-order valence-electron chi connectivity index (χ1n) is 6.25. The second-order valence-corrected chi connectivity index (χ2v) is 5.57. The molecule has 1 unspecified atom stereocenters. The first kappa shape index (κ1) is 13.7. The molecule has 2 rings (SSSR count). The van der Waals surface area contributed by atoms with Crippen molar-refractivity contribution in [3.63, 3.8) is 0 Å². The van der Waals surface area contributed by atoms with E-state index in [1.54, 1.807) is 0 Å². The molecular weight excluding hydrogens is 258 g/mol. The molecule has 3 nitrogen and oxygen atoms in total. The van der Waals surface area contributed by atoms with Gasteiger partial charge in [0.2, 0.25) is 5.88 Å². The smallest absolute Gasteiger partial charge is 0.213 e. The van der Waals surface area contributed by atoms with Crippen LogP contribution in [-0.2, 0) is 22.3 Å². The topological polar surface area (TPSA) is 39.2 Å². The van der Waals surface area contributed by atoms with Gasteiger partial charge in [-0.1, -0.05) is 36.4 Å². The van der Waals surface area contributed by atoms with Gasteiger partial charge in [-0.2, -0.15) is 0 Å². The molecule has 100 valence electrons. The minimum Gasteiger partial charge on any atom is -0.478 e. The Kier molecular flexibility index (Phi) is 5.10. The lowest BCUT2D eigenvalue weighted by Gasteiger charge is -2.05. The van der Waals surface area contributed by atoms with E-state index in [-0.39, 0.29) is 0 Å². The quantitative estimate of drug-likeness (QED) is 0.813. The lowest BCUT2D eigenvalue weighted by atomic mass is 10.2. The van der Waals surface area contributed by atoms with Crippen LogP contribution in [0.3, 0.4) is 0 Å². The average Bonchev–Trinajstić information content (AvgIpc) is 2.40. The Bertz CT molecular complexity index is 543. The van der Waals surface area contributed by atoms with E-state index in [4.69, 9.17) is 4.74 Å². The number of nitrogens with zero attached hydrogens (tertiary/aromatic N) is 1. The Labute approximate surface area is 116 Å². The number of aromatic nitrogens is 1. The summed E-state index contributed by atoms with van der Waals surface area (Å²) in [6.45, 7) is 2.51. The van der Waals surface area contributed by atoms with E-state index in [2.05, 4.69) is 4.98 Å². The number of benzene rings is 1. The summed E-state index contributed by atoms with van der Waals surface area (Å²) in [6.07, 6.45) is 0. The summed E-state index contributed by atoms with van der Waals surface area (Å²) >= 11 is 0. The van der Waals surface area contributed by atoms with Crippen LogP contribution in [0, 0.1) is 0 Å². The first-order valence-corrected chi connectivity index (χ1v) is 7.74. The third kappa shape index (κ3) is 4.48. The van der Waals surface area contributed by atoms with Crippen molar-refractivity contribution in [1.82, 2.24) is 4.98 Å². The molecule has 1 aromatic carbocycles. The third-order valence-electron chi connectivity index (χ3n) is 2.55. The summed E-state index contributed by atoms with van der Waals surface area (Å²) in [6, 6.07) is 15.4. The van der Waals surface area contributed by atoms with Crippen LogP contribution >= 0.6 is 0 Å². The number of hydrogen-bond acceptors (Lipinski definition) is 3. The summed E-state index contributed by atoms with van der Waals surface area (Å²) in [5.74, 6) is 1.61. The predicted molar refractivity (Wildman–Crippen MR) is 77.4 cm³/mol. The second-order valence-electron chi connectivity index (χ2n) is 4.11. The molecule has 0 aliphatic carbocycles. The molecule has 0 radical (unpaired) electrons. The molecule has 0 aliphatic rings. The minimum absolute atomic E-state index is 0.454. The average molecular weight is 275 g/mol. The van der Waals surface area contributed by atoms with Crippen molar-refractivity contribution in [3.05, 3.63) is 59.8 Å². The molecule has 0 aliphatic heterocycles. The number of ether oxygens (including phenoxy) is 1. The minimum atomic E-state index is -0.952. The van der Waals surface area contributed by atoms with Gasteiger partial charge in [0.25, 0.3) is 0 Å². The van der Waals surface area contributed by atoms with Gasteiger partial charge in [0.1, 0.15) is 0 Å². The highest BCUT2D eigenvalue weighted by atomic mass is 32.2. The van der Waals surface area contributed by atoms with Gasteiger partial charge in [0, 0.05) is 22.6 Å². The molecule has 0 spiro atoms. The largest absolute Gasteiger partial charge is 0.478 e. The molecule has 0 bridgehead atoms. The van der Waals surface area contributed by atoms with Crippen molar-refractivity contribution in [3.8, 4) is 5.88 Å². The van der Waals surface area contributed by atoms with Gasteiger partial charge in [-0.25, -0.2) is 4.98 Å². The van der Waals surface area contributed by atoms with Crippen molar-refractivity contribution in [2.24, 2.45) is 0 Å². The zero-order chi connectivity index (χ0) is 13.5. The van der Waals surface area contributed by atoms with Crippen LogP contribution in [-0.4, -0.2) is 15.8 Å². The Morgan fingerprint density at radius 1 is 1.05 bits per heavy atom. The van der Waals surface area contributed by atoms with E-state index >= 15 is 0 Å². The molecule has 0 N–H and O–H groups in total. The summed E-state index contributed by atoms with van der Waals surface area (Å²) in [4.78, 5) is 4.33. The molecular formula is C15H17NO2S. The van der Waals surface area contributed by atoms with Crippen LogP contribution < -0.4 is 4.74 Å². The second kappa shape index (κ2) is 7.04. The van der Waals surface area contributed by atoms with E-state index in [1.807, 2.05) is 55.5 Å². The van der Waals surface area contributed by atoms with Crippen LogP contribution in [0.15, 0.2) is 48.5 Å². The summed E-state index contributed by atoms with van der Waals surface area (Å²) in [5.41, 5.74) is 1.89. The monoisotopic (exact) mass is 275 g/mol. The molecule has 1 atom stereocenters. The highest BCUT2D eigenvalue weighted by Crippen LogP contribution is 2.11. The standard InChI is InChI=1S/C15H17NO2S/c1-2-18-15-10-6-9-14(16-15)12-19(17)11-13-7-4-3-5-8-13/h3-10H,2,11-12H2,1H3. The maximum Gasteiger partial charge on any atom is 0.213 e. The van der Waals surface area contributed by atoms with E-state index in [0.717, 1.165) is 11.3 Å². The lowest BCUT2D eigenvalue weighted by molar-refractivity contribution is 0.326. The molecule has 0 saturated carbocycles. The summed E-state index contributed by atoms with van der Waals surface area (Å²) in [5, 5.41) is 0. The maximum atomic E-state index is 12.1. The number of rotatable bonds is 6. The lowest BCUT2D eigenvalue weighted by Crippen LogP contribution is -2.02. The van der Waals surface area contributed by atoms with Crippen molar-refractivity contribution >= 4 is 10.8 Å². The maximum absolute atomic E-state index is 12.1. The van der Waals surface area contributed by atoms with E-state index in [0.29, 0.717) is 24.0 Å². The van der Waals surface area contributed by atoms with E-state index in [9.17, 15) is 4.21 Å². The fourth-order valence-corrected chi connectivity index (χ4v) is 2.90. The Morgan fingerprint density at radius 3 is 2.58 bits per heavy atom. The van der Waals surface area contributed by atoms with Crippen LogP contribution in [0.5, 0.6) is 5.88 Å². The Hall–Kier alpha value is -1.68. The molecule has 1 heterocycles. The SMILES string of the molecule is CCOc1cccc(CS(=O)Cc2ccccc2)n1. The normalized spacial score (nSPS) is 12.1. The molecule has 0 fully saturated rings. The highest BCUT2D eigenvalue weighted by Gasteiger charge is 2.05. The van der Waals surface area contributed by atoms with Crippen LogP contribution in [0.25, 0.3) is 0 Å². The molecule has 19 heavy (non-hydrogen) atoms. The van der Waals surface area contributed by atoms with Gasteiger partial charge in [-0.15, -0.1) is 0 Å². The molecule has 2 aromatic rings. The fraction of sp³-hybridized carbons (Fsp3) is 0.267. The number of pyridine rings is 1. The van der Waals surface area contributed by atoms with Crippen LogP contribution in [0.2, 0.25) is 0 Å². The highest BCUT2D eigenvalue weighted by molar-refractivity contribution is 7.83. The van der Waals surface area contributed by atoms with Crippen LogP contribution in [0.4, 0.5) is 0 Å². The molecule has 0 saturated heterocycles. The Balaban J connectivity index is 1.97. The van der Waals surface area contributed by atoms with Gasteiger partial charge in [0.15, 0.2) is 0 Å². The number of hydrogen-bond donors (Lipinski definition) is 0. The van der Waals surface area contributed by atoms with Gasteiger partial charge in [-0.3, -0.25) is 4.21 Å². The van der Waals surface area contributed by atoms with Gasteiger partial charge < -0.3 is 4.74 Å². The zero-order valence-corrected chi connectivity index (χ0v) is 11.7. The third-order valence-corrected chi connectivity index (χ3v) is 3.83. The molecule has 4 heteroatoms. The van der Waals surface area contributed by atoms with Crippen molar-refractivity contribution in [1.29, 1.82) is 0 Å². The Morgan fingerprint density at radius 2 is 1.84 bits per heavy atom. The summed E-state index contributed by atoms with van der Waals surface area (Å²) in [7, 11) is -0.952.